The van der Waals surface area contributed by atoms with Crippen LogP contribution in [-0.2, 0) is 4.79 Å². The molecule has 2 fully saturated rings. The minimum absolute atomic E-state index is 0.0896. The second-order valence-corrected chi connectivity index (χ2v) is 7.99. The number of hydrogen-bond donors (Lipinski definition) is 6. The number of fused-ring (bicyclic) bond motifs is 1. The Morgan fingerprint density at radius 3 is 2.74 bits per heavy atom. The number of urea groups is 1. The standard InChI is InChI=1S/C17H24N6O3S/c18-10-6-5-9(7-11(10)19)16(25)23-22-14(24)4-2-1-3-13-15-12(8-27-13)20-17(26)21-15/h5-7,12-13,15H,1-4,8,18-19H2,(H,22,24)(H,23,25)(H2,20,21,26)/t12-,13-,15-/m0/s1. The molecule has 2 aliphatic rings. The number of nitrogen functional groups attached to an aromatic ring is 2. The fourth-order valence-electron chi connectivity index (χ4n) is 3.25. The summed E-state index contributed by atoms with van der Waals surface area (Å²) >= 11 is 1.86. The number of anilines is 2. The van der Waals surface area contributed by atoms with Gasteiger partial charge in [0.25, 0.3) is 5.91 Å². The molecule has 3 atom stereocenters. The van der Waals surface area contributed by atoms with Crippen LogP contribution in [0.5, 0.6) is 0 Å². The Hall–Kier alpha value is -2.62. The number of nitrogens with one attached hydrogen (secondary N) is 4. The van der Waals surface area contributed by atoms with E-state index in [1.54, 1.807) is 6.07 Å². The maximum Gasteiger partial charge on any atom is 0.315 e. The molecule has 0 bridgehead atoms. The van der Waals surface area contributed by atoms with E-state index in [0.29, 0.717) is 35.0 Å². The molecular formula is C17H24N6O3S. The first-order valence-electron chi connectivity index (χ1n) is 8.87. The van der Waals surface area contributed by atoms with Gasteiger partial charge in [-0.3, -0.25) is 20.4 Å². The van der Waals surface area contributed by atoms with Crippen LogP contribution in [0.2, 0.25) is 0 Å². The van der Waals surface area contributed by atoms with Gasteiger partial charge in [-0.1, -0.05) is 6.42 Å². The van der Waals surface area contributed by atoms with E-state index in [1.807, 2.05) is 11.8 Å². The number of benzene rings is 1. The van der Waals surface area contributed by atoms with Gasteiger partial charge in [0.1, 0.15) is 0 Å². The Labute approximate surface area is 161 Å². The summed E-state index contributed by atoms with van der Waals surface area (Å²) in [5, 5.41) is 6.25. The van der Waals surface area contributed by atoms with E-state index in [0.717, 1.165) is 18.6 Å². The van der Waals surface area contributed by atoms with Gasteiger partial charge in [-0.15, -0.1) is 0 Å². The summed E-state index contributed by atoms with van der Waals surface area (Å²) in [7, 11) is 0. The van der Waals surface area contributed by atoms with Gasteiger partial charge >= 0.3 is 6.03 Å². The molecule has 0 unspecified atom stereocenters. The van der Waals surface area contributed by atoms with Crippen molar-refractivity contribution < 1.29 is 14.4 Å². The summed E-state index contributed by atoms with van der Waals surface area (Å²) in [6.45, 7) is 0. The topological polar surface area (TPSA) is 151 Å². The van der Waals surface area contributed by atoms with Crippen LogP contribution >= 0.6 is 11.8 Å². The molecule has 1 aromatic carbocycles. The lowest BCUT2D eigenvalue weighted by Gasteiger charge is -2.16. The fourth-order valence-corrected chi connectivity index (χ4v) is 4.79. The molecule has 1 aromatic rings. The second-order valence-electron chi connectivity index (χ2n) is 6.71. The highest BCUT2D eigenvalue weighted by atomic mass is 32.2. The normalized spacial score (nSPS) is 23.3. The Bertz CT molecular complexity index is 743. The van der Waals surface area contributed by atoms with Crippen LogP contribution < -0.4 is 33.0 Å². The Morgan fingerprint density at radius 2 is 1.96 bits per heavy atom. The maximum atomic E-state index is 12.0. The zero-order valence-electron chi connectivity index (χ0n) is 14.8. The van der Waals surface area contributed by atoms with Gasteiger partial charge in [0.05, 0.1) is 23.5 Å². The van der Waals surface area contributed by atoms with Gasteiger partial charge in [-0.25, -0.2) is 4.79 Å². The summed E-state index contributed by atoms with van der Waals surface area (Å²) in [6, 6.07) is 4.85. The number of unbranched alkanes of at least 4 members (excludes halogenated alkanes) is 1. The molecule has 2 aliphatic heterocycles. The monoisotopic (exact) mass is 392 g/mol. The van der Waals surface area contributed by atoms with E-state index in [2.05, 4.69) is 21.5 Å². The molecule has 0 spiro atoms. The zero-order valence-corrected chi connectivity index (χ0v) is 15.6. The summed E-state index contributed by atoms with van der Waals surface area (Å²) < 4.78 is 0. The van der Waals surface area contributed by atoms with Crippen molar-refractivity contribution in [1.82, 2.24) is 21.5 Å². The van der Waals surface area contributed by atoms with Crippen molar-refractivity contribution >= 4 is 41.0 Å². The average molecular weight is 392 g/mol. The number of rotatable bonds is 6. The van der Waals surface area contributed by atoms with Crippen LogP contribution in [0.25, 0.3) is 0 Å². The molecule has 4 amide bonds. The molecule has 2 saturated heterocycles. The van der Waals surface area contributed by atoms with Crippen molar-refractivity contribution in [2.24, 2.45) is 0 Å². The van der Waals surface area contributed by atoms with Crippen LogP contribution in [-0.4, -0.2) is 40.9 Å². The Morgan fingerprint density at radius 1 is 1.15 bits per heavy atom. The molecule has 0 radical (unpaired) electrons. The maximum absolute atomic E-state index is 12.0. The van der Waals surface area contributed by atoms with Gasteiger partial charge in [0, 0.05) is 23.0 Å². The highest BCUT2D eigenvalue weighted by Crippen LogP contribution is 2.33. The quantitative estimate of drug-likeness (QED) is 0.178. The van der Waals surface area contributed by atoms with Crippen molar-refractivity contribution in [3.05, 3.63) is 23.8 Å². The third-order valence-corrected chi connectivity index (χ3v) is 6.25. The first kappa shape index (κ1) is 19.2. The van der Waals surface area contributed by atoms with Gasteiger partial charge in [0.2, 0.25) is 5.91 Å². The molecule has 0 saturated carbocycles. The Balaban J connectivity index is 1.32. The number of carbonyl (C=O) groups is 3. The van der Waals surface area contributed by atoms with Crippen LogP contribution in [0.1, 0.15) is 36.0 Å². The molecule has 3 rings (SSSR count). The van der Waals surface area contributed by atoms with E-state index >= 15 is 0 Å². The molecule has 10 heteroatoms. The molecule has 0 aromatic heterocycles. The van der Waals surface area contributed by atoms with Gasteiger partial charge < -0.3 is 22.1 Å². The number of amides is 4. The lowest BCUT2D eigenvalue weighted by Crippen LogP contribution is -2.41. The van der Waals surface area contributed by atoms with Crippen molar-refractivity contribution in [2.45, 2.75) is 43.0 Å². The van der Waals surface area contributed by atoms with Gasteiger partial charge in [0.15, 0.2) is 0 Å². The van der Waals surface area contributed by atoms with E-state index < -0.39 is 5.91 Å². The van der Waals surface area contributed by atoms with Crippen LogP contribution in [0.4, 0.5) is 16.2 Å². The predicted molar refractivity (Wildman–Crippen MR) is 105 cm³/mol. The van der Waals surface area contributed by atoms with E-state index in [9.17, 15) is 14.4 Å². The third kappa shape index (κ3) is 4.76. The molecule has 9 nitrogen and oxygen atoms in total. The largest absolute Gasteiger partial charge is 0.397 e. The smallest absolute Gasteiger partial charge is 0.315 e. The third-order valence-electron chi connectivity index (χ3n) is 4.75. The highest BCUT2D eigenvalue weighted by molar-refractivity contribution is 8.00. The minimum atomic E-state index is -0.451. The van der Waals surface area contributed by atoms with Crippen molar-refractivity contribution in [3.8, 4) is 0 Å². The number of hydrogen-bond acceptors (Lipinski definition) is 6. The van der Waals surface area contributed by atoms with Crippen LogP contribution in [0, 0.1) is 0 Å². The fraction of sp³-hybridized carbons (Fsp3) is 0.471. The molecule has 8 N–H and O–H groups in total. The van der Waals surface area contributed by atoms with E-state index in [1.165, 1.54) is 12.1 Å². The summed E-state index contributed by atoms with van der Waals surface area (Å²) in [5.74, 6) is 0.225. The summed E-state index contributed by atoms with van der Waals surface area (Å²) in [4.78, 5) is 35.2. The number of hydrazine groups is 1. The molecular weight excluding hydrogens is 368 g/mol. The molecule has 146 valence electrons. The number of carbonyl (C=O) groups excluding carboxylic acids is 3. The van der Waals surface area contributed by atoms with E-state index in [4.69, 9.17) is 11.5 Å². The minimum Gasteiger partial charge on any atom is -0.397 e. The average Bonchev–Trinajstić information content (AvgIpc) is 3.18. The van der Waals surface area contributed by atoms with Crippen LogP contribution in [0.3, 0.4) is 0 Å². The first-order valence-corrected chi connectivity index (χ1v) is 9.91. The van der Waals surface area contributed by atoms with Gasteiger partial charge in [-0.2, -0.15) is 11.8 Å². The lowest BCUT2D eigenvalue weighted by molar-refractivity contribution is -0.122. The molecule has 27 heavy (non-hydrogen) atoms. The van der Waals surface area contributed by atoms with Crippen LogP contribution in [0.15, 0.2) is 18.2 Å². The summed E-state index contributed by atoms with van der Waals surface area (Å²) in [5.41, 5.74) is 17.1. The lowest BCUT2D eigenvalue weighted by atomic mass is 10.0. The molecule has 0 aliphatic carbocycles. The highest BCUT2D eigenvalue weighted by Gasteiger charge is 2.42. The van der Waals surface area contributed by atoms with Gasteiger partial charge in [-0.05, 0) is 31.0 Å². The number of nitrogens with two attached hydrogens (primary N) is 2. The second kappa shape index (κ2) is 8.38. The van der Waals surface area contributed by atoms with Crippen molar-refractivity contribution in [3.63, 3.8) is 0 Å². The molecule has 2 heterocycles. The van der Waals surface area contributed by atoms with Crippen molar-refractivity contribution in [1.29, 1.82) is 0 Å². The Kier molecular flexibility index (Phi) is 5.94. The number of thioether (sulfide) groups is 1. The predicted octanol–water partition coefficient (Wildman–Crippen LogP) is 0.338. The first-order chi connectivity index (χ1) is 12.9. The zero-order chi connectivity index (χ0) is 19.4. The summed E-state index contributed by atoms with van der Waals surface area (Å²) in [6.07, 6.45) is 2.86. The van der Waals surface area contributed by atoms with E-state index in [-0.39, 0.29) is 24.0 Å². The van der Waals surface area contributed by atoms with Crippen molar-refractivity contribution in [2.75, 3.05) is 17.2 Å². The SMILES string of the molecule is Nc1ccc(C(=O)NNC(=O)CCCC[C@@H]2SC[C@@H]3NC(=O)N[C@@H]32)cc1N.